The maximum absolute atomic E-state index is 3.68. The van der Waals surface area contributed by atoms with Crippen molar-refractivity contribution in [2.45, 2.75) is 52.0 Å². The first kappa shape index (κ1) is 12.4. The molecule has 0 aromatic rings. The van der Waals surface area contributed by atoms with E-state index in [0.29, 0.717) is 0 Å². The van der Waals surface area contributed by atoms with Crippen molar-refractivity contribution in [3.05, 3.63) is 0 Å². The van der Waals surface area contributed by atoms with Crippen LogP contribution in [0.3, 0.4) is 0 Å². The zero-order valence-electron chi connectivity index (χ0n) is 11.0. The molecule has 2 fully saturated rings. The molecule has 2 aliphatic rings. The highest BCUT2D eigenvalue weighted by atomic mass is 15.2. The van der Waals surface area contributed by atoms with Crippen molar-refractivity contribution < 1.29 is 0 Å². The predicted octanol–water partition coefficient (Wildman–Crippen LogP) is 2.50. The Morgan fingerprint density at radius 1 is 1.31 bits per heavy atom. The lowest BCUT2D eigenvalue weighted by atomic mass is 9.94. The normalized spacial score (nSPS) is 36.8. The molecule has 2 saturated heterocycles. The van der Waals surface area contributed by atoms with Crippen LogP contribution in [0.5, 0.6) is 0 Å². The Labute approximate surface area is 101 Å². The van der Waals surface area contributed by atoms with Gasteiger partial charge in [-0.3, -0.25) is 0 Å². The second kappa shape index (κ2) is 6.02. The third-order valence-corrected chi connectivity index (χ3v) is 4.30. The summed E-state index contributed by atoms with van der Waals surface area (Å²) >= 11 is 0. The van der Waals surface area contributed by atoms with E-state index in [1.54, 1.807) is 0 Å². The maximum atomic E-state index is 3.68. The first-order chi connectivity index (χ1) is 7.78. The van der Waals surface area contributed by atoms with Crippen LogP contribution in [0.15, 0.2) is 0 Å². The summed E-state index contributed by atoms with van der Waals surface area (Å²) in [6.45, 7) is 9.95. The molecule has 2 nitrogen and oxygen atoms in total. The Morgan fingerprint density at radius 2 is 2.19 bits per heavy atom. The second-order valence-corrected chi connectivity index (χ2v) is 5.98. The molecule has 0 aromatic carbocycles. The van der Waals surface area contributed by atoms with Crippen LogP contribution >= 0.6 is 0 Å². The summed E-state index contributed by atoms with van der Waals surface area (Å²) in [6.07, 6.45) is 6.99. The topological polar surface area (TPSA) is 15.3 Å². The van der Waals surface area contributed by atoms with Crippen LogP contribution in [0, 0.1) is 11.8 Å². The van der Waals surface area contributed by atoms with Crippen LogP contribution in [-0.2, 0) is 0 Å². The second-order valence-electron chi connectivity index (χ2n) is 5.98. The molecule has 0 aromatic heterocycles. The van der Waals surface area contributed by atoms with Gasteiger partial charge >= 0.3 is 0 Å². The van der Waals surface area contributed by atoms with Crippen LogP contribution in [-0.4, -0.2) is 37.1 Å². The average Bonchev–Trinajstić information content (AvgIpc) is 2.66. The van der Waals surface area contributed by atoms with E-state index < -0.39 is 0 Å². The molecule has 3 atom stereocenters. The van der Waals surface area contributed by atoms with E-state index >= 15 is 0 Å². The molecule has 16 heavy (non-hydrogen) atoms. The van der Waals surface area contributed by atoms with Crippen LogP contribution in [0.25, 0.3) is 0 Å². The number of piperidine rings is 1. The Hall–Kier alpha value is -0.0800. The van der Waals surface area contributed by atoms with E-state index in [1.165, 1.54) is 58.3 Å². The third-order valence-electron chi connectivity index (χ3n) is 4.30. The van der Waals surface area contributed by atoms with Gasteiger partial charge in [-0.2, -0.15) is 0 Å². The largest absolute Gasteiger partial charge is 0.313 e. The molecule has 2 rings (SSSR count). The summed E-state index contributed by atoms with van der Waals surface area (Å²) in [7, 11) is 0. The third kappa shape index (κ3) is 3.46. The minimum Gasteiger partial charge on any atom is -0.313 e. The van der Waals surface area contributed by atoms with Crippen molar-refractivity contribution in [1.29, 1.82) is 0 Å². The number of hydrogen-bond donors (Lipinski definition) is 1. The minimum absolute atomic E-state index is 0.768. The van der Waals surface area contributed by atoms with Gasteiger partial charge in [0, 0.05) is 19.1 Å². The van der Waals surface area contributed by atoms with Gasteiger partial charge in [0.15, 0.2) is 0 Å². The molecule has 0 radical (unpaired) electrons. The first-order valence-corrected chi connectivity index (χ1v) is 7.23. The molecule has 1 N–H and O–H groups in total. The van der Waals surface area contributed by atoms with Crippen molar-refractivity contribution in [3.63, 3.8) is 0 Å². The summed E-state index contributed by atoms with van der Waals surface area (Å²) in [6, 6.07) is 0.768. The highest BCUT2D eigenvalue weighted by Gasteiger charge is 2.25. The van der Waals surface area contributed by atoms with Crippen LogP contribution in [0.4, 0.5) is 0 Å². The highest BCUT2D eigenvalue weighted by Crippen LogP contribution is 2.22. The van der Waals surface area contributed by atoms with Gasteiger partial charge in [0.25, 0.3) is 0 Å². The minimum atomic E-state index is 0.768. The summed E-state index contributed by atoms with van der Waals surface area (Å²) in [5.74, 6) is 1.92. The maximum Gasteiger partial charge on any atom is 0.0197 e. The van der Waals surface area contributed by atoms with E-state index in [0.717, 1.165) is 17.9 Å². The molecule has 2 heteroatoms. The number of hydrogen-bond acceptors (Lipinski definition) is 2. The molecule has 0 bridgehead atoms. The lowest BCUT2D eigenvalue weighted by Gasteiger charge is -2.31. The molecule has 94 valence electrons. The molecule has 2 aliphatic heterocycles. The van der Waals surface area contributed by atoms with E-state index in [4.69, 9.17) is 0 Å². The van der Waals surface area contributed by atoms with Gasteiger partial charge < -0.3 is 10.2 Å². The fourth-order valence-corrected chi connectivity index (χ4v) is 3.39. The number of nitrogens with zero attached hydrogens (tertiary/aromatic N) is 1. The highest BCUT2D eigenvalue weighted by molar-refractivity contribution is 4.83. The zero-order valence-corrected chi connectivity index (χ0v) is 11.0. The predicted molar refractivity (Wildman–Crippen MR) is 69.6 cm³/mol. The van der Waals surface area contributed by atoms with Gasteiger partial charge in [-0.05, 0) is 50.6 Å². The Balaban J connectivity index is 1.70. The molecule has 3 unspecified atom stereocenters. The van der Waals surface area contributed by atoms with Gasteiger partial charge in [0.1, 0.15) is 0 Å². The van der Waals surface area contributed by atoms with Gasteiger partial charge in [0.05, 0.1) is 0 Å². The average molecular weight is 224 g/mol. The lowest BCUT2D eigenvalue weighted by molar-refractivity contribution is 0.229. The van der Waals surface area contributed by atoms with Gasteiger partial charge in [0.2, 0.25) is 0 Å². The lowest BCUT2D eigenvalue weighted by Crippen LogP contribution is -2.45. The number of nitrogens with one attached hydrogen (secondary N) is 1. The molecular formula is C14H28N2. The number of likely N-dealkylation sites (tertiary alicyclic amines) is 1. The molecule has 0 aliphatic carbocycles. The summed E-state index contributed by atoms with van der Waals surface area (Å²) in [4.78, 5) is 2.69. The Bertz CT molecular complexity index is 205. The monoisotopic (exact) mass is 224 g/mol. The molecule has 0 saturated carbocycles. The van der Waals surface area contributed by atoms with Crippen molar-refractivity contribution >= 4 is 0 Å². The number of rotatable bonds is 4. The fourth-order valence-electron chi connectivity index (χ4n) is 3.39. The van der Waals surface area contributed by atoms with Gasteiger partial charge in [-0.1, -0.05) is 20.3 Å². The van der Waals surface area contributed by atoms with E-state index in [1.807, 2.05) is 0 Å². The molecular weight excluding hydrogens is 196 g/mol. The van der Waals surface area contributed by atoms with Crippen LogP contribution < -0.4 is 5.32 Å². The van der Waals surface area contributed by atoms with Crippen molar-refractivity contribution in [2.24, 2.45) is 11.8 Å². The molecule has 0 spiro atoms. The van der Waals surface area contributed by atoms with Gasteiger partial charge in [-0.25, -0.2) is 0 Å². The smallest absolute Gasteiger partial charge is 0.0197 e. The van der Waals surface area contributed by atoms with E-state index in [-0.39, 0.29) is 0 Å². The summed E-state index contributed by atoms with van der Waals surface area (Å²) < 4.78 is 0. The fraction of sp³-hybridized carbons (Fsp3) is 1.00. The SMILES string of the molecule is CCCC1CCN(CC2CC(C)CCN2)C1. The van der Waals surface area contributed by atoms with Crippen LogP contribution in [0.2, 0.25) is 0 Å². The van der Waals surface area contributed by atoms with E-state index in [9.17, 15) is 0 Å². The Morgan fingerprint density at radius 3 is 2.94 bits per heavy atom. The standard InChI is InChI=1S/C14H28N2/c1-3-4-13-6-8-16(10-13)11-14-9-12(2)5-7-15-14/h12-15H,3-11H2,1-2H3. The van der Waals surface area contributed by atoms with Crippen molar-refractivity contribution in [1.82, 2.24) is 10.2 Å². The Kier molecular flexibility index (Phi) is 4.66. The van der Waals surface area contributed by atoms with Gasteiger partial charge in [-0.15, -0.1) is 0 Å². The zero-order chi connectivity index (χ0) is 11.4. The van der Waals surface area contributed by atoms with Crippen molar-refractivity contribution in [3.8, 4) is 0 Å². The van der Waals surface area contributed by atoms with Crippen molar-refractivity contribution in [2.75, 3.05) is 26.2 Å². The molecule has 2 heterocycles. The first-order valence-electron chi connectivity index (χ1n) is 7.23. The van der Waals surface area contributed by atoms with E-state index in [2.05, 4.69) is 24.1 Å². The van der Waals surface area contributed by atoms with Crippen LogP contribution in [0.1, 0.15) is 46.0 Å². The quantitative estimate of drug-likeness (QED) is 0.789. The molecule has 0 amide bonds. The summed E-state index contributed by atoms with van der Waals surface area (Å²) in [5.41, 5.74) is 0. The summed E-state index contributed by atoms with van der Waals surface area (Å²) in [5, 5.41) is 3.68.